The van der Waals surface area contributed by atoms with Crippen LogP contribution in [0.4, 0.5) is 0 Å². The maximum atomic E-state index is 11.8. The molecule has 0 amide bonds. The average molecular weight is 261 g/mol. The summed E-state index contributed by atoms with van der Waals surface area (Å²) in [5, 5.41) is 0.0265. The van der Waals surface area contributed by atoms with E-state index in [1.807, 2.05) is 0 Å². The van der Waals surface area contributed by atoms with Crippen molar-refractivity contribution < 1.29 is 0 Å². The zero-order valence-corrected chi connectivity index (χ0v) is 10.7. The van der Waals surface area contributed by atoms with Crippen molar-refractivity contribution in [1.29, 1.82) is 0 Å². The van der Waals surface area contributed by atoms with Crippen LogP contribution in [0.1, 0.15) is 23.1 Å². The fraction of sp³-hybridized carbons (Fsp3) is 0.286. The largest absolute Gasteiger partial charge is 0.307 e. The minimum atomic E-state index is -0.236. The molecule has 0 atom stereocenters. The van der Waals surface area contributed by atoms with Crippen molar-refractivity contribution in [2.75, 3.05) is 0 Å². The molecule has 1 aliphatic carbocycles. The normalized spacial score (nSPS) is 13.6. The zero-order valence-electron chi connectivity index (χ0n) is 9.90. The Labute approximate surface area is 110 Å². The summed E-state index contributed by atoms with van der Waals surface area (Å²) in [7, 11) is 0. The molecular formula is C14H13ClN2O. The third-order valence-electron chi connectivity index (χ3n) is 3.39. The number of aryl methyl sites for hydroxylation is 2. The van der Waals surface area contributed by atoms with Gasteiger partial charge in [0.25, 0.3) is 5.56 Å². The van der Waals surface area contributed by atoms with E-state index in [-0.39, 0.29) is 10.7 Å². The van der Waals surface area contributed by atoms with E-state index in [4.69, 9.17) is 11.6 Å². The molecule has 0 fully saturated rings. The number of benzene rings is 1. The standard InChI is InChI=1S/C14H13ClN2O/c15-13-14(18)17(7-6-16-13)9-10-4-5-11-2-1-3-12(11)8-10/h4-8H,1-3,9H2. The maximum Gasteiger partial charge on any atom is 0.288 e. The van der Waals surface area contributed by atoms with Gasteiger partial charge in [-0.05, 0) is 36.0 Å². The number of rotatable bonds is 2. The van der Waals surface area contributed by atoms with Crippen LogP contribution >= 0.6 is 11.6 Å². The van der Waals surface area contributed by atoms with E-state index >= 15 is 0 Å². The van der Waals surface area contributed by atoms with Crippen LogP contribution in [0, 0.1) is 0 Å². The summed E-state index contributed by atoms with van der Waals surface area (Å²) in [6, 6.07) is 6.46. The first-order valence-electron chi connectivity index (χ1n) is 6.05. The van der Waals surface area contributed by atoms with Crippen LogP contribution in [0.25, 0.3) is 0 Å². The van der Waals surface area contributed by atoms with Crippen molar-refractivity contribution in [1.82, 2.24) is 9.55 Å². The Bertz CT molecular complexity index is 648. The van der Waals surface area contributed by atoms with Crippen LogP contribution in [-0.4, -0.2) is 9.55 Å². The second kappa shape index (κ2) is 4.58. The van der Waals surface area contributed by atoms with Gasteiger partial charge in [-0.15, -0.1) is 0 Å². The van der Waals surface area contributed by atoms with Crippen molar-refractivity contribution in [3.8, 4) is 0 Å². The number of nitrogens with zero attached hydrogens (tertiary/aromatic N) is 2. The van der Waals surface area contributed by atoms with Gasteiger partial charge in [0.15, 0.2) is 5.15 Å². The van der Waals surface area contributed by atoms with Crippen molar-refractivity contribution in [2.45, 2.75) is 25.8 Å². The minimum absolute atomic E-state index is 0.0265. The van der Waals surface area contributed by atoms with E-state index in [0.29, 0.717) is 6.54 Å². The van der Waals surface area contributed by atoms with Gasteiger partial charge in [-0.25, -0.2) is 4.98 Å². The van der Waals surface area contributed by atoms with Crippen molar-refractivity contribution in [3.05, 3.63) is 62.8 Å². The third kappa shape index (κ3) is 2.06. The molecule has 1 heterocycles. The first-order chi connectivity index (χ1) is 8.74. The lowest BCUT2D eigenvalue weighted by molar-refractivity contribution is 0.747. The summed E-state index contributed by atoms with van der Waals surface area (Å²) in [5.74, 6) is 0. The summed E-state index contributed by atoms with van der Waals surface area (Å²) in [6.07, 6.45) is 6.78. The number of fused-ring (bicyclic) bond motifs is 1. The van der Waals surface area contributed by atoms with E-state index in [1.54, 1.807) is 17.0 Å². The van der Waals surface area contributed by atoms with E-state index in [1.165, 1.54) is 24.0 Å². The fourth-order valence-corrected chi connectivity index (χ4v) is 2.63. The summed E-state index contributed by atoms with van der Waals surface area (Å²) < 4.78 is 1.59. The summed E-state index contributed by atoms with van der Waals surface area (Å²) in [4.78, 5) is 15.5. The number of halogens is 1. The predicted octanol–water partition coefficient (Wildman–Crippen LogP) is 2.43. The van der Waals surface area contributed by atoms with Gasteiger partial charge in [0, 0.05) is 12.4 Å². The lowest BCUT2D eigenvalue weighted by atomic mass is 10.1. The highest BCUT2D eigenvalue weighted by atomic mass is 35.5. The van der Waals surface area contributed by atoms with E-state index in [0.717, 1.165) is 12.0 Å². The molecule has 0 aliphatic heterocycles. The Hall–Kier alpha value is -1.61. The van der Waals surface area contributed by atoms with Gasteiger partial charge in [0.05, 0.1) is 6.54 Å². The lowest BCUT2D eigenvalue weighted by Crippen LogP contribution is -2.21. The third-order valence-corrected chi connectivity index (χ3v) is 3.65. The van der Waals surface area contributed by atoms with Crippen LogP contribution in [0.15, 0.2) is 35.4 Å². The summed E-state index contributed by atoms with van der Waals surface area (Å²) >= 11 is 5.73. The Morgan fingerprint density at radius 1 is 1.28 bits per heavy atom. The van der Waals surface area contributed by atoms with Gasteiger partial charge in [-0.3, -0.25) is 4.79 Å². The molecular weight excluding hydrogens is 248 g/mol. The van der Waals surface area contributed by atoms with Crippen LogP contribution < -0.4 is 5.56 Å². The molecule has 3 rings (SSSR count). The number of hydrogen-bond donors (Lipinski definition) is 0. The van der Waals surface area contributed by atoms with Gasteiger partial charge in [0.2, 0.25) is 0 Å². The monoisotopic (exact) mass is 260 g/mol. The second-order valence-corrected chi connectivity index (χ2v) is 4.97. The summed E-state index contributed by atoms with van der Waals surface area (Å²) in [5.41, 5.74) is 3.76. The quantitative estimate of drug-likeness (QED) is 0.831. The predicted molar refractivity (Wildman–Crippen MR) is 71.1 cm³/mol. The second-order valence-electron chi connectivity index (χ2n) is 4.61. The van der Waals surface area contributed by atoms with Gasteiger partial charge < -0.3 is 4.57 Å². The van der Waals surface area contributed by atoms with Crippen LogP contribution in [-0.2, 0) is 19.4 Å². The molecule has 18 heavy (non-hydrogen) atoms. The van der Waals surface area contributed by atoms with Crippen molar-refractivity contribution in [3.63, 3.8) is 0 Å². The highest BCUT2D eigenvalue weighted by molar-refractivity contribution is 6.29. The topological polar surface area (TPSA) is 34.9 Å². The molecule has 0 unspecified atom stereocenters. The molecule has 1 aliphatic rings. The Morgan fingerprint density at radius 3 is 3.00 bits per heavy atom. The molecule has 4 heteroatoms. The van der Waals surface area contributed by atoms with Gasteiger partial charge >= 0.3 is 0 Å². The first-order valence-corrected chi connectivity index (χ1v) is 6.43. The molecule has 0 saturated carbocycles. The molecule has 0 spiro atoms. The lowest BCUT2D eigenvalue weighted by Gasteiger charge is -2.07. The van der Waals surface area contributed by atoms with Gasteiger partial charge in [0.1, 0.15) is 0 Å². The molecule has 1 aromatic heterocycles. The van der Waals surface area contributed by atoms with E-state index < -0.39 is 0 Å². The molecule has 3 nitrogen and oxygen atoms in total. The number of aromatic nitrogens is 2. The molecule has 0 radical (unpaired) electrons. The highest BCUT2D eigenvalue weighted by Gasteiger charge is 2.11. The van der Waals surface area contributed by atoms with Gasteiger partial charge in [-0.1, -0.05) is 29.8 Å². The highest BCUT2D eigenvalue weighted by Crippen LogP contribution is 2.22. The molecule has 92 valence electrons. The van der Waals surface area contributed by atoms with Crippen LogP contribution in [0.5, 0.6) is 0 Å². The van der Waals surface area contributed by atoms with Crippen molar-refractivity contribution in [2.24, 2.45) is 0 Å². The Kier molecular flexibility index (Phi) is 2.92. The fourth-order valence-electron chi connectivity index (χ4n) is 2.47. The average Bonchev–Trinajstić information content (AvgIpc) is 2.82. The Morgan fingerprint density at radius 2 is 2.11 bits per heavy atom. The first kappa shape index (κ1) is 11.5. The molecule has 0 saturated heterocycles. The Balaban J connectivity index is 1.93. The smallest absolute Gasteiger partial charge is 0.288 e. The molecule has 0 bridgehead atoms. The van der Waals surface area contributed by atoms with E-state index in [2.05, 4.69) is 23.2 Å². The van der Waals surface area contributed by atoms with Crippen LogP contribution in [0.3, 0.4) is 0 Å². The zero-order chi connectivity index (χ0) is 12.5. The van der Waals surface area contributed by atoms with Gasteiger partial charge in [-0.2, -0.15) is 0 Å². The molecule has 1 aromatic carbocycles. The van der Waals surface area contributed by atoms with Crippen LogP contribution in [0.2, 0.25) is 5.15 Å². The maximum absolute atomic E-state index is 11.8. The number of hydrogen-bond acceptors (Lipinski definition) is 2. The SMILES string of the molecule is O=c1c(Cl)nccn1Cc1ccc2c(c1)CCC2. The minimum Gasteiger partial charge on any atom is -0.307 e. The van der Waals surface area contributed by atoms with E-state index in [9.17, 15) is 4.79 Å². The van der Waals surface area contributed by atoms with Crippen molar-refractivity contribution >= 4 is 11.6 Å². The summed E-state index contributed by atoms with van der Waals surface area (Å²) in [6.45, 7) is 0.550. The molecule has 2 aromatic rings. The molecule has 0 N–H and O–H groups in total.